The number of carbonyl (C=O) groups is 1. The fourth-order valence-corrected chi connectivity index (χ4v) is 3.75. The zero-order chi connectivity index (χ0) is 19.1. The first-order valence-electron chi connectivity index (χ1n) is 9.40. The Hall–Kier alpha value is -2.95. The Labute approximate surface area is 158 Å². The molecule has 0 fully saturated rings. The van der Waals surface area contributed by atoms with E-state index in [0.29, 0.717) is 22.4 Å². The molecule has 1 amide bonds. The number of benzene rings is 2. The summed E-state index contributed by atoms with van der Waals surface area (Å²) in [5.74, 6) is 0.933. The Kier molecular flexibility index (Phi) is 4.30. The van der Waals surface area contributed by atoms with Crippen molar-refractivity contribution < 1.29 is 4.79 Å². The highest BCUT2D eigenvalue weighted by molar-refractivity contribution is 6.06. The predicted molar refractivity (Wildman–Crippen MR) is 108 cm³/mol. The molecule has 0 spiro atoms. The van der Waals surface area contributed by atoms with Crippen molar-refractivity contribution in [3.05, 3.63) is 69.3 Å². The summed E-state index contributed by atoms with van der Waals surface area (Å²) in [6.07, 6.45) is 1.75. The molecule has 0 radical (unpaired) electrons. The SMILES string of the molecule is Cc1cccc(C(C)C)c1NC(=O)c1ccc2c(=O)n3c(nc2c1)CCC3. The summed E-state index contributed by atoms with van der Waals surface area (Å²) in [4.78, 5) is 30.1. The molecule has 1 N–H and O–H groups in total. The lowest BCUT2D eigenvalue weighted by molar-refractivity contribution is 0.102. The molecule has 1 aliphatic heterocycles. The molecule has 5 nitrogen and oxygen atoms in total. The summed E-state index contributed by atoms with van der Waals surface area (Å²) in [7, 11) is 0. The molecule has 1 aromatic heterocycles. The molecule has 2 heterocycles. The number of amides is 1. The van der Waals surface area contributed by atoms with Gasteiger partial charge in [0.25, 0.3) is 11.5 Å². The summed E-state index contributed by atoms with van der Waals surface area (Å²) in [6, 6.07) is 11.2. The van der Waals surface area contributed by atoms with Crippen molar-refractivity contribution in [2.24, 2.45) is 0 Å². The number of hydrogen-bond donors (Lipinski definition) is 1. The number of fused-ring (bicyclic) bond motifs is 2. The third-order valence-electron chi connectivity index (χ3n) is 5.24. The van der Waals surface area contributed by atoms with Crippen molar-refractivity contribution in [1.29, 1.82) is 0 Å². The van der Waals surface area contributed by atoms with Gasteiger partial charge in [-0.3, -0.25) is 14.2 Å². The van der Waals surface area contributed by atoms with E-state index in [1.54, 1.807) is 22.8 Å². The number of aryl methyl sites for hydroxylation is 2. The van der Waals surface area contributed by atoms with Gasteiger partial charge in [-0.25, -0.2) is 4.98 Å². The summed E-state index contributed by atoms with van der Waals surface area (Å²) < 4.78 is 1.74. The molecule has 4 rings (SSSR count). The Morgan fingerprint density at radius 2 is 2.04 bits per heavy atom. The van der Waals surface area contributed by atoms with Crippen molar-refractivity contribution >= 4 is 22.5 Å². The maximum absolute atomic E-state index is 12.9. The number of anilines is 1. The molecule has 0 saturated heterocycles. The van der Waals surface area contributed by atoms with E-state index in [1.165, 1.54) is 0 Å². The first-order chi connectivity index (χ1) is 13.0. The number of carbonyl (C=O) groups excluding carboxylic acids is 1. The quantitative estimate of drug-likeness (QED) is 0.766. The van der Waals surface area contributed by atoms with Crippen LogP contribution < -0.4 is 10.9 Å². The number of hydrogen-bond acceptors (Lipinski definition) is 3. The minimum Gasteiger partial charge on any atom is -0.321 e. The molecule has 0 saturated carbocycles. The van der Waals surface area contributed by atoms with Crippen LogP contribution in [0.2, 0.25) is 0 Å². The highest BCUT2D eigenvalue weighted by Crippen LogP contribution is 2.28. The average Bonchev–Trinajstić information content (AvgIpc) is 3.11. The predicted octanol–water partition coefficient (Wildman–Crippen LogP) is 4.03. The van der Waals surface area contributed by atoms with Gasteiger partial charge in [0.05, 0.1) is 10.9 Å². The lowest BCUT2D eigenvalue weighted by atomic mass is 9.98. The minimum atomic E-state index is -0.185. The third-order valence-corrected chi connectivity index (χ3v) is 5.24. The second-order valence-electron chi connectivity index (χ2n) is 7.47. The molecule has 3 aromatic rings. The second-order valence-corrected chi connectivity index (χ2v) is 7.47. The van der Waals surface area contributed by atoms with Gasteiger partial charge in [-0.1, -0.05) is 32.0 Å². The van der Waals surface area contributed by atoms with Crippen molar-refractivity contribution in [2.45, 2.75) is 46.1 Å². The van der Waals surface area contributed by atoms with Crippen LogP contribution in [0.3, 0.4) is 0 Å². The number of nitrogens with zero attached hydrogens (tertiary/aromatic N) is 2. The van der Waals surface area contributed by atoms with E-state index in [9.17, 15) is 9.59 Å². The first-order valence-corrected chi connectivity index (χ1v) is 9.40. The lowest BCUT2D eigenvalue weighted by Crippen LogP contribution is -2.21. The highest BCUT2D eigenvalue weighted by atomic mass is 16.1. The highest BCUT2D eigenvalue weighted by Gasteiger charge is 2.18. The van der Waals surface area contributed by atoms with E-state index in [4.69, 9.17) is 0 Å². The monoisotopic (exact) mass is 361 g/mol. The van der Waals surface area contributed by atoms with Gasteiger partial charge < -0.3 is 5.32 Å². The van der Waals surface area contributed by atoms with Crippen LogP contribution >= 0.6 is 0 Å². The van der Waals surface area contributed by atoms with Gasteiger partial charge >= 0.3 is 0 Å². The first kappa shape index (κ1) is 17.5. The van der Waals surface area contributed by atoms with E-state index in [0.717, 1.165) is 42.0 Å². The topological polar surface area (TPSA) is 64.0 Å². The second kappa shape index (κ2) is 6.65. The van der Waals surface area contributed by atoms with Crippen molar-refractivity contribution in [3.63, 3.8) is 0 Å². The zero-order valence-corrected chi connectivity index (χ0v) is 15.9. The number of rotatable bonds is 3. The Bertz CT molecular complexity index is 1110. The minimum absolute atomic E-state index is 0.0135. The molecule has 2 aromatic carbocycles. The van der Waals surface area contributed by atoms with E-state index in [-0.39, 0.29) is 11.5 Å². The van der Waals surface area contributed by atoms with Crippen LogP contribution in [-0.2, 0) is 13.0 Å². The standard InChI is InChI=1S/C22H23N3O2/c1-13(2)16-7-4-6-14(3)20(16)24-21(26)15-9-10-17-18(12-15)23-19-8-5-11-25(19)22(17)27/h4,6-7,9-10,12-13H,5,8,11H2,1-3H3,(H,24,26). The van der Waals surface area contributed by atoms with Crippen LogP contribution in [0.5, 0.6) is 0 Å². The van der Waals surface area contributed by atoms with E-state index < -0.39 is 0 Å². The fraction of sp³-hybridized carbons (Fsp3) is 0.318. The molecule has 27 heavy (non-hydrogen) atoms. The number of para-hydroxylation sites is 1. The van der Waals surface area contributed by atoms with Crippen LogP contribution in [0.1, 0.15) is 53.5 Å². The molecule has 0 aliphatic carbocycles. The van der Waals surface area contributed by atoms with Crippen LogP contribution in [0.4, 0.5) is 5.69 Å². The van der Waals surface area contributed by atoms with Crippen molar-refractivity contribution in [2.75, 3.05) is 5.32 Å². The molecule has 5 heteroatoms. The maximum Gasteiger partial charge on any atom is 0.261 e. The molecule has 0 unspecified atom stereocenters. The van der Waals surface area contributed by atoms with Gasteiger partial charge in [-0.2, -0.15) is 0 Å². The Balaban J connectivity index is 1.72. The van der Waals surface area contributed by atoms with E-state index >= 15 is 0 Å². The van der Waals surface area contributed by atoms with Crippen LogP contribution in [0.15, 0.2) is 41.2 Å². The zero-order valence-electron chi connectivity index (χ0n) is 15.9. The average molecular weight is 361 g/mol. The molecule has 0 atom stereocenters. The maximum atomic E-state index is 12.9. The molecular formula is C22H23N3O2. The van der Waals surface area contributed by atoms with Crippen molar-refractivity contribution in [1.82, 2.24) is 9.55 Å². The van der Waals surface area contributed by atoms with Gasteiger partial charge in [0.2, 0.25) is 0 Å². The van der Waals surface area contributed by atoms with E-state index in [1.807, 2.05) is 25.1 Å². The van der Waals surface area contributed by atoms with Crippen LogP contribution in [0.25, 0.3) is 10.9 Å². The summed E-state index contributed by atoms with van der Waals surface area (Å²) in [6.45, 7) is 6.94. The van der Waals surface area contributed by atoms with Gasteiger partial charge in [0, 0.05) is 24.2 Å². The van der Waals surface area contributed by atoms with Crippen LogP contribution in [-0.4, -0.2) is 15.5 Å². The summed E-state index contributed by atoms with van der Waals surface area (Å²) >= 11 is 0. The van der Waals surface area contributed by atoms with E-state index in [2.05, 4.69) is 24.1 Å². The largest absolute Gasteiger partial charge is 0.321 e. The van der Waals surface area contributed by atoms with Crippen LogP contribution in [0, 0.1) is 6.92 Å². The summed E-state index contributed by atoms with van der Waals surface area (Å²) in [5, 5.41) is 3.62. The molecule has 138 valence electrons. The summed E-state index contributed by atoms with van der Waals surface area (Å²) in [5.41, 5.74) is 4.09. The normalized spacial score (nSPS) is 13.2. The molecule has 0 bridgehead atoms. The van der Waals surface area contributed by atoms with Gasteiger partial charge in [0.1, 0.15) is 5.82 Å². The van der Waals surface area contributed by atoms with Gasteiger partial charge in [0.15, 0.2) is 0 Å². The van der Waals surface area contributed by atoms with Crippen molar-refractivity contribution in [3.8, 4) is 0 Å². The number of aromatic nitrogens is 2. The molecular weight excluding hydrogens is 338 g/mol. The molecule has 1 aliphatic rings. The Morgan fingerprint density at radius 1 is 1.22 bits per heavy atom. The fourth-order valence-electron chi connectivity index (χ4n) is 3.75. The third kappa shape index (κ3) is 3.03. The number of nitrogens with one attached hydrogen (secondary N) is 1. The lowest BCUT2D eigenvalue weighted by Gasteiger charge is -2.16. The van der Waals surface area contributed by atoms with Gasteiger partial charge in [-0.15, -0.1) is 0 Å². The Morgan fingerprint density at radius 3 is 2.81 bits per heavy atom. The smallest absolute Gasteiger partial charge is 0.261 e. The van der Waals surface area contributed by atoms with Gasteiger partial charge in [-0.05, 0) is 48.6 Å².